The van der Waals surface area contributed by atoms with Crippen LogP contribution >= 0.6 is 11.6 Å². The van der Waals surface area contributed by atoms with Crippen LogP contribution in [0.4, 0.5) is 16.2 Å². The van der Waals surface area contributed by atoms with Crippen LogP contribution in [0.3, 0.4) is 0 Å². The average Bonchev–Trinajstić information content (AvgIpc) is 2.83. The third-order valence-electron chi connectivity index (χ3n) is 3.71. The van der Waals surface area contributed by atoms with Crippen LogP contribution in [0.2, 0.25) is 5.02 Å². The predicted octanol–water partition coefficient (Wildman–Crippen LogP) is 3.88. The van der Waals surface area contributed by atoms with Crippen molar-refractivity contribution < 1.29 is 4.79 Å². The number of nitrogens with zero attached hydrogens (tertiary/aromatic N) is 4. The molecular weight excluding hydrogens is 340 g/mol. The molecule has 0 saturated carbocycles. The zero-order valence-electron chi connectivity index (χ0n) is 14.0. The van der Waals surface area contributed by atoms with Crippen LogP contribution in [-0.4, -0.2) is 25.6 Å². The molecule has 2 N–H and O–H groups in total. The van der Waals surface area contributed by atoms with Crippen molar-refractivity contribution in [3.8, 4) is 5.95 Å². The molecule has 0 aliphatic rings. The van der Waals surface area contributed by atoms with E-state index in [1.54, 1.807) is 36.7 Å². The molecule has 0 saturated heterocycles. The summed E-state index contributed by atoms with van der Waals surface area (Å²) in [6, 6.07) is 6.45. The van der Waals surface area contributed by atoms with Crippen molar-refractivity contribution in [3.63, 3.8) is 0 Å². The lowest BCUT2D eigenvalue weighted by molar-refractivity contribution is 0.262. The number of carbonyl (C=O) groups excluding carboxylic acids is 1. The second kappa shape index (κ2) is 6.90. The Morgan fingerprint density at radius 3 is 2.16 bits per heavy atom. The maximum atomic E-state index is 12.0. The number of anilines is 2. The lowest BCUT2D eigenvalue weighted by Gasteiger charge is -2.09. The van der Waals surface area contributed by atoms with Gasteiger partial charge in [0, 0.05) is 16.4 Å². The van der Waals surface area contributed by atoms with E-state index in [1.165, 1.54) is 0 Å². The molecule has 2 amide bonds. The molecule has 8 heteroatoms. The standard InChI is InChI=1S/C17H17ClN6O/c1-10-11(2)24(12(3)21-10)16-19-8-15(9-20-16)23-17(25)22-14-6-4-13(18)5-7-14/h4-9H,1-3H3,(H2,22,23,25). The Bertz CT molecular complexity index is 902. The van der Waals surface area contributed by atoms with Gasteiger partial charge in [0.2, 0.25) is 5.95 Å². The third-order valence-corrected chi connectivity index (χ3v) is 3.96. The Labute approximate surface area is 150 Å². The molecular formula is C17H17ClN6O. The molecule has 2 heterocycles. The summed E-state index contributed by atoms with van der Waals surface area (Å²) in [5, 5.41) is 6.00. The molecule has 128 valence electrons. The fourth-order valence-electron chi connectivity index (χ4n) is 2.40. The van der Waals surface area contributed by atoms with Gasteiger partial charge >= 0.3 is 6.03 Å². The largest absolute Gasteiger partial charge is 0.323 e. The lowest BCUT2D eigenvalue weighted by Crippen LogP contribution is -2.19. The van der Waals surface area contributed by atoms with E-state index in [1.807, 2.05) is 25.3 Å². The number of urea groups is 1. The Morgan fingerprint density at radius 1 is 1.00 bits per heavy atom. The van der Waals surface area contributed by atoms with Crippen molar-refractivity contribution in [3.05, 3.63) is 58.9 Å². The maximum absolute atomic E-state index is 12.0. The topological polar surface area (TPSA) is 84.7 Å². The van der Waals surface area contributed by atoms with Crippen molar-refractivity contribution in [2.24, 2.45) is 0 Å². The van der Waals surface area contributed by atoms with E-state index in [-0.39, 0.29) is 6.03 Å². The van der Waals surface area contributed by atoms with E-state index < -0.39 is 0 Å². The van der Waals surface area contributed by atoms with Crippen molar-refractivity contribution in [1.29, 1.82) is 0 Å². The van der Waals surface area contributed by atoms with Gasteiger partial charge in [-0.25, -0.2) is 19.7 Å². The molecule has 3 aromatic rings. The highest BCUT2D eigenvalue weighted by atomic mass is 35.5. The minimum absolute atomic E-state index is 0.385. The molecule has 0 aliphatic carbocycles. The smallest absolute Gasteiger partial charge is 0.308 e. The van der Waals surface area contributed by atoms with Crippen molar-refractivity contribution in [2.75, 3.05) is 10.6 Å². The van der Waals surface area contributed by atoms with Gasteiger partial charge in [0.05, 0.1) is 23.8 Å². The third kappa shape index (κ3) is 3.77. The van der Waals surface area contributed by atoms with Gasteiger partial charge in [0.25, 0.3) is 0 Å². The number of amides is 2. The van der Waals surface area contributed by atoms with Gasteiger partial charge in [0.1, 0.15) is 5.82 Å². The highest BCUT2D eigenvalue weighted by Gasteiger charge is 2.12. The Balaban J connectivity index is 1.70. The second-order valence-electron chi connectivity index (χ2n) is 5.52. The summed E-state index contributed by atoms with van der Waals surface area (Å²) in [5.41, 5.74) is 3.05. The quantitative estimate of drug-likeness (QED) is 0.745. The maximum Gasteiger partial charge on any atom is 0.323 e. The van der Waals surface area contributed by atoms with Gasteiger partial charge in [-0.2, -0.15) is 0 Å². The van der Waals surface area contributed by atoms with Crippen LogP contribution in [0.15, 0.2) is 36.7 Å². The van der Waals surface area contributed by atoms with E-state index >= 15 is 0 Å². The Kier molecular flexibility index (Phi) is 4.67. The number of hydrogen-bond donors (Lipinski definition) is 2. The number of rotatable bonds is 3. The first-order chi connectivity index (χ1) is 11.9. The summed E-state index contributed by atoms with van der Waals surface area (Å²) in [6.45, 7) is 5.80. The minimum atomic E-state index is -0.385. The molecule has 0 atom stereocenters. The van der Waals surface area contributed by atoms with Gasteiger partial charge < -0.3 is 10.6 Å². The summed E-state index contributed by atoms with van der Waals surface area (Å²) in [6.07, 6.45) is 3.11. The number of aryl methyl sites for hydroxylation is 2. The number of halogens is 1. The van der Waals surface area contributed by atoms with E-state index in [4.69, 9.17) is 11.6 Å². The van der Waals surface area contributed by atoms with Crippen LogP contribution in [0.1, 0.15) is 17.2 Å². The van der Waals surface area contributed by atoms with E-state index in [0.717, 1.165) is 17.2 Å². The van der Waals surface area contributed by atoms with Crippen LogP contribution in [-0.2, 0) is 0 Å². The molecule has 0 aliphatic heterocycles. The van der Waals surface area contributed by atoms with Crippen LogP contribution < -0.4 is 10.6 Å². The first-order valence-electron chi connectivity index (χ1n) is 7.62. The number of imidazole rings is 1. The highest BCUT2D eigenvalue weighted by molar-refractivity contribution is 6.30. The summed E-state index contributed by atoms with van der Waals surface area (Å²) in [4.78, 5) is 25.0. The zero-order chi connectivity index (χ0) is 18.0. The zero-order valence-corrected chi connectivity index (χ0v) is 14.8. The SMILES string of the molecule is Cc1nc(C)n(-c2ncc(NC(=O)Nc3ccc(Cl)cc3)cn2)c1C. The highest BCUT2D eigenvalue weighted by Crippen LogP contribution is 2.16. The molecule has 0 unspecified atom stereocenters. The van der Waals surface area contributed by atoms with Gasteiger partial charge in [-0.05, 0) is 45.0 Å². The number of nitrogens with one attached hydrogen (secondary N) is 2. The summed E-state index contributed by atoms with van der Waals surface area (Å²) in [7, 11) is 0. The average molecular weight is 357 g/mol. The van der Waals surface area contributed by atoms with Crippen molar-refractivity contribution in [1.82, 2.24) is 19.5 Å². The first kappa shape index (κ1) is 16.9. The Hall–Kier alpha value is -2.93. The van der Waals surface area contributed by atoms with Crippen LogP contribution in [0, 0.1) is 20.8 Å². The summed E-state index contributed by atoms with van der Waals surface area (Å²) in [5.74, 6) is 1.33. The monoisotopic (exact) mass is 356 g/mol. The molecule has 2 aromatic heterocycles. The van der Waals surface area contributed by atoms with Gasteiger partial charge in [-0.1, -0.05) is 11.6 Å². The molecule has 0 bridgehead atoms. The summed E-state index contributed by atoms with van der Waals surface area (Å²) >= 11 is 5.82. The van der Waals surface area contributed by atoms with Crippen molar-refractivity contribution in [2.45, 2.75) is 20.8 Å². The number of carbonyl (C=O) groups is 1. The fraction of sp³-hybridized carbons (Fsp3) is 0.176. The summed E-state index contributed by atoms with van der Waals surface area (Å²) < 4.78 is 1.87. The van der Waals surface area contributed by atoms with Crippen LogP contribution in [0.25, 0.3) is 5.95 Å². The van der Waals surface area contributed by atoms with Gasteiger partial charge in [-0.3, -0.25) is 4.57 Å². The molecule has 1 aromatic carbocycles. The molecule has 3 rings (SSSR count). The van der Waals surface area contributed by atoms with E-state index in [9.17, 15) is 4.79 Å². The first-order valence-corrected chi connectivity index (χ1v) is 8.00. The number of benzene rings is 1. The van der Waals surface area contributed by atoms with Gasteiger partial charge in [0.15, 0.2) is 0 Å². The normalized spacial score (nSPS) is 10.6. The van der Waals surface area contributed by atoms with Crippen LogP contribution in [0.5, 0.6) is 0 Å². The molecule has 7 nitrogen and oxygen atoms in total. The second-order valence-corrected chi connectivity index (χ2v) is 5.96. The number of aromatic nitrogens is 4. The van der Waals surface area contributed by atoms with E-state index in [2.05, 4.69) is 25.6 Å². The minimum Gasteiger partial charge on any atom is -0.308 e. The Morgan fingerprint density at radius 2 is 1.60 bits per heavy atom. The molecule has 0 spiro atoms. The molecule has 0 radical (unpaired) electrons. The van der Waals surface area contributed by atoms with Gasteiger partial charge in [-0.15, -0.1) is 0 Å². The molecule has 0 fully saturated rings. The predicted molar refractivity (Wildman–Crippen MR) is 97.5 cm³/mol. The van der Waals surface area contributed by atoms with Crippen molar-refractivity contribution >= 4 is 29.0 Å². The fourth-order valence-corrected chi connectivity index (χ4v) is 2.53. The number of hydrogen-bond acceptors (Lipinski definition) is 4. The van der Waals surface area contributed by atoms with E-state index in [0.29, 0.717) is 22.3 Å². The lowest BCUT2D eigenvalue weighted by atomic mass is 10.3. The molecule has 25 heavy (non-hydrogen) atoms.